The number of amides is 4. The number of benzene rings is 4. The van der Waals surface area contributed by atoms with Gasteiger partial charge in [-0.2, -0.15) is 0 Å². The van der Waals surface area contributed by atoms with Crippen LogP contribution in [0.2, 0.25) is 0 Å². The first-order valence-electron chi connectivity index (χ1n) is 22.8. The fourth-order valence-corrected chi connectivity index (χ4v) is 7.25. The van der Waals surface area contributed by atoms with Gasteiger partial charge in [0.05, 0.1) is 50.2 Å². The molecular weight excluding hydrogens is 865 g/mol. The number of carbonyl (C=O) groups excluding carboxylic acids is 4. The van der Waals surface area contributed by atoms with Gasteiger partial charge in [0, 0.05) is 38.3 Å². The largest absolute Gasteiger partial charge is 0.488 e. The van der Waals surface area contributed by atoms with E-state index in [0.717, 1.165) is 61.9 Å². The van der Waals surface area contributed by atoms with Gasteiger partial charge in [-0.15, -0.1) is 12.8 Å². The summed E-state index contributed by atoms with van der Waals surface area (Å²) in [6.07, 6.45) is 11.1. The Hall–Kier alpha value is -7.38. The number of imidazole rings is 2. The van der Waals surface area contributed by atoms with E-state index in [1.54, 1.807) is 42.3 Å². The van der Waals surface area contributed by atoms with E-state index in [9.17, 15) is 19.2 Å². The number of methoxy groups -OCH3 is 3. The van der Waals surface area contributed by atoms with E-state index in [1.165, 1.54) is 20.6 Å². The molecule has 0 saturated heterocycles. The summed E-state index contributed by atoms with van der Waals surface area (Å²) in [5.41, 5.74) is 7.06. The second-order valence-electron chi connectivity index (χ2n) is 15.1. The molecule has 1 aliphatic heterocycles. The number of aromatic amines is 2. The van der Waals surface area contributed by atoms with Crippen molar-refractivity contribution in [2.75, 3.05) is 48.1 Å². The first-order valence-corrected chi connectivity index (χ1v) is 22.8. The van der Waals surface area contributed by atoms with E-state index in [1.807, 2.05) is 70.2 Å². The Labute approximate surface area is 400 Å². The van der Waals surface area contributed by atoms with Crippen LogP contribution in [0, 0.1) is 12.8 Å². The number of fused-ring (bicyclic) bond motifs is 6. The van der Waals surface area contributed by atoms with Crippen LogP contribution in [-0.2, 0) is 43.5 Å². The van der Waals surface area contributed by atoms with Gasteiger partial charge in [-0.05, 0) is 64.7 Å². The van der Waals surface area contributed by atoms with E-state index in [2.05, 4.69) is 80.0 Å². The normalized spacial score (nSPS) is 11.1. The molecule has 0 aliphatic carbocycles. The van der Waals surface area contributed by atoms with Gasteiger partial charge < -0.3 is 49.3 Å². The molecule has 0 unspecified atom stereocenters. The van der Waals surface area contributed by atoms with Gasteiger partial charge in [-0.3, -0.25) is 9.59 Å². The zero-order valence-electron chi connectivity index (χ0n) is 41.2. The van der Waals surface area contributed by atoms with Crippen molar-refractivity contribution >= 4 is 45.8 Å². The van der Waals surface area contributed by atoms with Crippen molar-refractivity contribution in [1.82, 2.24) is 40.4 Å². The molecule has 0 saturated carbocycles. The topological polar surface area (TPSA) is 193 Å². The van der Waals surface area contributed by atoms with Crippen LogP contribution < -0.4 is 15.4 Å². The molecule has 16 heteroatoms. The average Bonchev–Trinajstić information content (AvgIpc) is 4.02. The SMILES string of the molecule is C#C.CC.CCC.CCCN(Cc1nc2c(ccc3cc4c(cc32)OCc2cc(-c3cnc(CN(CCC)C(=O)[C@H](NC(=O)OC)c5ccccc5)[nH]3)ccc2-4)[nH]1)C(=O)CNC(=O)OC.COC. The number of hydrogen-bond donors (Lipinski definition) is 4. The van der Waals surface area contributed by atoms with Crippen molar-refractivity contribution in [2.24, 2.45) is 0 Å². The fraction of sp³-hybridized carbons (Fsp3) is 0.385. The number of H-pyrrole nitrogens is 2. The van der Waals surface area contributed by atoms with Crippen molar-refractivity contribution < 1.29 is 38.1 Å². The van der Waals surface area contributed by atoms with E-state index in [0.29, 0.717) is 43.3 Å². The number of alkyl carbamates (subject to hydrolysis) is 2. The molecule has 1 aliphatic rings. The maximum atomic E-state index is 13.9. The maximum absolute atomic E-state index is 13.9. The predicted molar refractivity (Wildman–Crippen MR) is 268 cm³/mol. The Balaban J connectivity index is 0.00000114. The van der Waals surface area contributed by atoms with Crippen LogP contribution >= 0.6 is 0 Å². The average molecular weight is 933 g/mol. The second-order valence-corrected chi connectivity index (χ2v) is 15.1. The highest BCUT2D eigenvalue weighted by Gasteiger charge is 2.29. The molecule has 0 fully saturated rings. The fourth-order valence-electron chi connectivity index (χ4n) is 7.25. The molecule has 1 atom stereocenters. The maximum Gasteiger partial charge on any atom is 0.407 e. The number of nitrogens with zero attached hydrogens (tertiary/aromatic N) is 4. The van der Waals surface area contributed by atoms with Crippen molar-refractivity contribution in [1.29, 1.82) is 0 Å². The van der Waals surface area contributed by atoms with Crippen LogP contribution in [0.15, 0.2) is 79.0 Å². The number of aromatic nitrogens is 4. The smallest absolute Gasteiger partial charge is 0.407 e. The van der Waals surface area contributed by atoms with Crippen molar-refractivity contribution in [2.45, 2.75) is 86.5 Å². The number of hydrogen-bond acceptors (Lipinski definition) is 10. The first kappa shape index (κ1) is 55.0. The van der Waals surface area contributed by atoms with E-state index in [4.69, 9.17) is 14.5 Å². The van der Waals surface area contributed by atoms with Gasteiger partial charge in [-0.25, -0.2) is 19.6 Å². The summed E-state index contributed by atoms with van der Waals surface area (Å²) in [6.45, 7) is 13.9. The highest BCUT2D eigenvalue weighted by molar-refractivity contribution is 6.07. The zero-order valence-corrected chi connectivity index (χ0v) is 41.2. The van der Waals surface area contributed by atoms with Gasteiger partial charge in [0.15, 0.2) is 0 Å². The van der Waals surface area contributed by atoms with Crippen molar-refractivity contribution in [3.8, 4) is 41.0 Å². The van der Waals surface area contributed by atoms with Crippen LogP contribution in [0.25, 0.3) is 44.2 Å². The third kappa shape index (κ3) is 14.6. The molecule has 3 heterocycles. The summed E-state index contributed by atoms with van der Waals surface area (Å²) in [4.78, 5) is 70.1. The summed E-state index contributed by atoms with van der Waals surface area (Å²) in [6, 6.07) is 22.6. The summed E-state index contributed by atoms with van der Waals surface area (Å²) < 4.78 is 20.0. The van der Waals surface area contributed by atoms with Gasteiger partial charge >= 0.3 is 12.2 Å². The number of rotatable bonds is 14. The molecule has 0 bridgehead atoms. The minimum atomic E-state index is -0.916. The molecule has 16 nitrogen and oxygen atoms in total. The highest BCUT2D eigenvalue weighted by atomic mass is 16.5. The number of ether oxygens (including phenoxy) is 4. The lowest BCUT2D eigenvalue weighted by molar-refractivity contribution is -0.134. The predicted octanol–water partition coefficient (Wildman–Crippen LogP) is 9.55. The summed E-state index contributed by atoms with van der Waals surface area (Å²) >= 11 is 0. The Kier molecular flexibility index (Phi) is 23.1. The summed E-state index contributed by atoms with van der Waals surface area (Å²) in [5, 5.41) is 7.07. The van der Waals surface area contributed by atoms with Crippen molar-refractivity contribution in [3.63, 3.8) is 0 Å². The first-order chi connectivity index (χ1) is 33.0. The molecule has 4 amide bonds. The minimum Gasteiger partial charge on any atom is -0.488 e. The molecule has 0 spiro atoms. The lowest BCUT2D eigenvalue weighted by Gasteiger charge is -2.27. The van der Waals surface area contributed by atoms with Gasteiger partial charge in [0.2, 0.25) is 11.8 Å². The van der Waals surface area contributed by atoms with E-state index in [-0.39, 0.29) is 31.4 Å². The van der Waals surface area contributed by atoms with Crippen LogP contribution in [0.4, 0.5) is 9.59 Å². The van der Waals surface area contributed by atoms with Gasteiger partial charge in [0.25, 0.3) is 0 Å². The van der Waals surface area contributed by atoms with Gasteiger partial charge in [-0.1, -0.05) is 96.5 Å². The zero-order chi connectivity index (χ0) is 50.2. The molecule has 4 N–H and O–H groups in total. The molecule has 364 valence electrons. The van der Waals surface area contributed by atoms with Crippen LogP contribution in [0.3, 0.4) is 0 Å². The summed E-state index contributed by atoms with van der Waals surface area (Å²) in [5.74, 6) is 1.50. The standard InChI is InChI=1S/C43H46N8O7.C3H8.C2H6O.C2H6.C2H2/c1-5-16-50(38(52)22-45-42(54)56-3)24-37-46-33-15-13-27-19-32-30-14-12-28(18-29(30)25-58-35(32)20-31(27)40(33)48-37)34-21-44-36(47-34)23-51(17-6-2)41(53)39(49-43(55)57-4)26-10-8-7-9-11-26;2*1-3-2;2*1-2/h7-15,18-21,39H,5-6,16-17,22-25H2,1-4H3,(H,44,47)(H,45,54)(H,46,48)(H,49,55);3H2,1-2H3;1-2H3;1-2H3;1-2H/t39-;;;;/m1..../s1. The number of nitrogens with one attached hydrogen (secondary N) is 4. The second kappa shape index (κ2) is 28.6. The van der Waals surface area contributed by atoms with Crippen LogP contribution in [-0.4, -0.2) is 102 Å². The van der Waals surface area contributed by atoms with Gasteiger partial charge in [0.1, 0.15) is 36.6 Å². The highest BCUT2D eigenvalue weighted by Crippen LogP contribution is 2.42. The molecule has 0 radical (unpaired) electrons. The minimum absolute atomic E-state index is 0.167. The van der Waals surface area contributed by atoms with Crippen molar-refractivity contribution in [3.05, 3.63) is 102 Å². The number of carbonyl (C=O) groups is 4. The molecule has 68 heavy (non-hydrogen) atoms. The Morgan fingerprint density at radius 3 is 2.09 bits per heavy atom. The molecule has 4 aromatic carbocycles. The molecule has 7 rings (SSSR count). The third-order valence-corrected chi connectivity index (χ3v) is 10.1. The van der Waals surface area contributed by atoms with Crippen LogP contribution in [0.5, 0.6) is 5.75 Å². The monoisotopic (exact) mass is 933 g/mol. The lowest BCUT2D eigenvalue weighted by Crippen LogP contribution is -2.43. The van der Waals surface area contributed by atoms with Crippen LogP contribution in [0.1, 0.15) is 89.6 Å². The van der Waals surface area contributed by atoms with E-state index >= 15 is 0 Å². The molecular formula is C52H68N8O8. The lowest BCUT2D eigenvalue weighted by atomic mass is 9.92. The molecule has 2 aromatic heterocycles. The quantitative estimate of drug-likeness (QED) is 0.0765. The third-order valence-electron chi connectivity index (χ3n) is 10.1. The molecule has 6 aromatic rings. The Morgan fingerprint density at radius 2 is 1.44 bits per heavy atom. The summed E-state index contributed by atoms with van der Waals surface area (Å²) in [7, 11) is 5.77. The number of terminal acetylenes is 1. The Morgan fingerprint density at radius 1 is 0.794 bits per heavy atom. The van der Waals surface area contributed by atoms with E-state index < -0.39 is 18.2 Å². The Bertz CT molecular complexity index is 2550.